The van der Waals surface area contributed by atoms with Gasteiger partial charge in [0.1, 0.15) is 6.54 Å². The highest BCUT2D eigenvalue weighted by molar-refractivity contribution is 5.79. The molecule has 1 aliphatic rings. The number of hydrogen-bond donors (Lipinski definition) is 2. The number of urea groups is 1. The molecule has 0 saturated carbocycles. The van der Waals surface area contributed by atoms with Gasteiger partial charge in [0, 0.05) is 13.1 Å². The molecule has 1 aliphatic heterocycles. The molecule has 0 aromatic rings. The zero-order valence-electron chi connectivity index (χ0n) is 9.95. The molecular weight excluding hydrogens is 208 g/mol. The zero-order chi connectivity index (χ0) is 12.2. The second-order valence-corrected chi connectivity index (χ2v) is 4.70. The van der Waals surface area contributed by atoms with Crippen LogP contribution < -0.4 is 5.32 Å². The molecule has 0 unspecified atom stereocenters. The van der Waals surface area contributed by atoms with Crippen LogP contribution in [0, 0.1) is 5.41 Å². The van der Waals surface area contributed by atoms with Crippen molar-refractivity contribution in [3.8, 4) is 0 Å². The molecule has 16 heavy (non-hydrogen) atoms. The predicted molar refractivity (Wildman–Crippen MR) is 60.2 cm³/mol. The van der Waals surface area contributed by atoms with Crippen LogP contribution in [0.2, 0.25) is 0 Å². The fourth-order valence-corrected chi connectivity index (χ4v) is 1.87. The molecule has 5 heteroatoms. The van der Waals surface area contributed by atoms with E-state index in [1.165, 1.54) is 0 Å². The van der Waals surface area contributed by atoms with Crippen molar-refractivity contribution in [1.29, 1.82) is 0 Å². The summed E-state index contributed by atoms with van der Waals surface area (Å²) in [6.07, 6.45) is 3.10. The van der Waals surface area contributed by atoms with Crippen LogP contribution in [0.25, 0.3) is 0 Å². The Morgan fingerprint density at radius 1 is 1.38 bits per heavy atom. The summed E-state index contributed by atoms with van der Waals surface area (Å²) < 4.78 is 0. The third kappa shape index (κ3) is 3.40. The van der Waals surface area contributed by atoms with Crippen LogP contribution in [0.3, 0.4) is 0 Å². The molecular formula is C11H20N2O3. The zero-order valence-corrected chi connectivity index (χ0v) is 9.95. The van der Waals surface area contributed by atoms with Gasteiger partial charge < -0.3 is 15.3 Å². The van der Waals surface area contributed by atoms with Crippen molar-refractivity contribution in [3.05, 3.63) is 0 Å². The maximum atomic E-state index is 11.6. The van der Waals surface area contributed by atoms with Crippen LogP contribution in [0.1, 0.15) is 33.1 Å². The second-order valence-electron chi connectivity index (χ2n) is 4.70. The van der Waals surface area contributed by atoms with Gasteiger partial charge >= 0.3 is 12.0 Å². The number of carbonyl (C=O) groups is 2. The molecule has 1 fully saturated rings. The minimum atomic E-state index is -1.01. The quantitative estimate of drug-likeness (QED) is 0.764. The third-order valence-electron chi connectivity index (χ3n) is 3.50. The molecule has 0 aromatic carbocycles. The summed E-state index contributed by atoms with van der Waals surface area (Å²) in [6.45, 7) is 5.53. The van der Waals surface area contributed by atoms with E-state index in [0.717, 1.165) is 32.4 Å². The normalized spacial score (nSPS) is 19.2. The van der Waals surface area contributed by atoms with Gasteiger partial charge in [-0.05, 0) is 18.3 Å². The molecule has 0 aliphatic carbocycles. The van der Waals surface area contributed by atoms with E-state index in [-0.39, 0.29) is 12.6 Å². The molecule has 0 aromatic heterocycles. The SMILES string of the molecule is CCC1(C)CCN(C(=O)NCC(=O)O)CC1. The molecule has 0 spiro atoms. The first-order chi connectivity index (χ1) is 7.47. The number of nitrogens with one attached hydrogen (secondary N) is 1. The maximum absolute atomic E-state index is 11.6. The Morgan fingerprint density at radius 2 is 1.94 bits per heavy atom. The number of aliphatic carboxylic acids is 1. The van der Waals surface area contributed by atoms with Gasteiger partial charge in [-0.1, -0.05) is 20.3 Å². The van der Waals surface area contributed by atoms with E-state index in [1.54, 1.807) is 4.90 Å². The second kappa shape index (κ2) is 5.18. The standard InChI is InChI=1S/C11H20N2O3/c1-3-11(2)4-6-13(7-5-11)10(16)12-8-9(14)15/h3-8H2,1-2H3,(H,12,16)(H,14,15). The van der Waals surface area contributed by atoms with Gasteiger partial charge in [-0.25, -0.2) is 4.79 Å². The lowest BCUT2D eigenvalue weighted by Gasteiger charge is -2.38. The van der Waals surface area contributed by atoms with Crippen molar-refractivity contribution < 1.29 is 14.7 Å². The summed E-state index contributed by atoms with van der Waals surface area (Å²) in [6, 6.07) is -0.263. The number of likely N-dealkylation sites (tertiary alicyclic amines) is 1. The Labute approximate surface area is 95.8 Å². The van der Waals surface area contributed by atoms with Crippen LogP contribution in [-0.2, 0) is 4.79 Å². The third-order valence-corrected chi connectivity index (χ3v) is 3.50. The van der Waals surface area contributed by atoms with E-state index in [1.807, 2.05) is 0 Å². The summed E-state index contributed by atoms with van der Waals surface area (Å²) in [7, 11) is 0. The maximum Gasteiger partial charge on any atom is 0.323 e. The van der Waals surface area contributed by atoms with Crippen molar-refractivity contribution in [1.82, 2.24) is 10.2 Å². The molecule has 0 atom stereocenters. The number of hydrogen-bond acceptors (Lipinski definition) is 2. The van der Waals surface area contributed by atoms with Crippen LogP contribution in [0.15, 0.2) is 0 Å². The highest BCUT2D eigenvalue weighted by Gasteiger charge is 2.30. The first kappa shape index (κ1) is 12.8. The van der Waals surface area contributed by atoms with E-state index in [0.29, 0.717) is 5.41 Å². The summed E-state index contributed by atoms with van der Waals surface area (Å²) >= 11 is 0. The topological polar surface area (TPSA) is 69.6 Å². The van der Waals surface area contributed by atoms with Crippen molar-refractivity contribution >= 4 is 12.0 Å². The van der Waals surface area contributed by atoms with Crippen LogP contribution >= 0.6 is 0 Å². The minimum absolute atomic E-state index is 0.263. The Morgan fingerprint density at radius 3 is 2.38 bits per heavy atom. The molecule has 92 valence electrons. The molecule has 5 nitrogen and oxygen atoms in total. The lowest BCUT2D eigenvalue weighted by molar-refractivity contribution is -0.135. The Kier molecular flexibility index (Phi) is 4.15. The Hall–Kier alpha value is -1.26. The van der Waals surface area contributed by atoms with E-state index < -0.39 is 5.97 Å². The van der Waals surface area contributed by atoms with E-state index >= 15 is 0 Å². The Balaban J connectivity index is 2.36. The monoisotopic (exact) mass is 228 g/mol. The summed E-state index contributed by atoms with van der Waals surface area (Å²) in [5, 5.41) is 10.8. The van der Waals surface area contributed by atoms with Gasteiger partial charge in [-0.2, -0.15) is 0 Å². The average molecular weight is 228 g/mol. The van der Waals surface area contributed by atoms with Gasteiger partial charge in [0.25, 0.3) is 0 Å². The number of carboxylic acid groups (broad SMARTS) is 1. The molecule has 0 radical (unpaired) electrons. The predicted octanol–water partition coefficient (Wildman–Crippen LogP) is 1.29. The smallest absolute Gasteiger partial charge is 0.323 e. The molecule has 1 heterocycles. The number of nitrogens with zero attached hydrogens (tertiary/aromatic N) is 1. The largest absolute Gasteiger partial charge is 0.480 e. The molecule has 1 rings (SSSR count). The van der Waals surface area contributed by atoms with Crippen molar-refractivity contribution in [2.45, 2.75) is 33.1 Å². The first-order valence-electron chi connectivity index (χ1n) is 5.71. The Bertz CT molecular complexity index is 270. The highest BCUT2D eigenvalue weighted by atomic mass is 16.4. The summed E-state index contributed by atoms with van der Waals surface area (Å²) in [4.78, 5) is 23.6. The lowest BCUT2D eigenvalue weighted by atomic mass is 9.78. The van der Waals surface area contributed by atoms with Crippen LogP contribution in [0.5, 0.6) is 0 Å². The molecule has 0 bridgehead atoms. The summed E-state index contributed by atoms with van der Waals surface area (Å²) in [5.41, 5.74) is 0.337. The van der Waals surface area contributed by atoms with Crippen molar-refractivity contribution in [3.63, 3.8) is 0 Å². The number of rotatable bonds is 3. The molecule has 2 N–H and O–H groups in total. The first-order valence-corrected chi connectivity index (χ1v) is 5.71. The van der Waals surface area contributed by atoms with Gasteiger partial charge in [0.2, 0.25) is 0 Å². The van der Waals surface area contributed by atoms with Gasteiger partial charge in [-0.15, -0.1) is 0 Å². The molecule has 1 saturated heterocycles. The fraction of sp³-hybridized carbons (Fsp3) is 0.818. The van der Waals surface area contributed by atoms with E-state index in [2.05, 4.69) is 19.2 Å². The van der Waals surface area contributed by atoms with Gasteiger partial charge in [-0.3, -0.25) is 4.79 Å². The van der Waals surface area contributed by atoms with Gasteiger partial charge in [0.15, 0.2) is 0 Å². The van der Waals surface area contributed by atoms with Gasteiger partial charge in [0.05, 0.1) is 0 Å². The number of piperidine rings is 1. The van der Waals surface area contributed by atoms with Crippen LogP contribution in [-0.4, -0.2) is 41.6 Å². The van der Waals surface area contributed by atoms with Crippen molar-refractivity contribution in [2.75, 3.05) is 19.6 Å². The van der Waals surface area contributed by atoms with Crippen molar-refractivity contribution in [2.24, 2.45) is 5.41 Å². The summed E-state index contributed by atoms with van der Waals surface area (Å²) in [5.74, 6) is -1.01. The number of amides is 2. The minimum Gasteiger partial charge on any atom is -0.480 e. The lowest BCUT2D eigenvalue weighted by Crippen LogP contribution is -2.47. The fourth-order valence-electron chi connectivity index (χ4n) is 1.87. The number of carbonyl (C=O) groups excluding carboxylic acids is 1. The molecule has 2 amide bonds. The van der Waals surface area contributed by atoms with E-state index in [4.69, 9.17) is 5.11 Å². The highest BCUT2D eigenvalue weighted by Crippen LogP contribution is 2.33. The van der Waals surface area contributed by atoms with E-state index in [9.17, 15) is 9.59 Å². The van der Waals surface area contributed by atoms with Crippen LogP contribution in [0.4, 0.5) is 4.79 Å². The average Bonchev–Trinajstić information content (AvgIpc) is 2.27. The number of carboxylic acids is 1.